The number of rotatable bonds is 7. The Labute approximate surface area is 200 Å². The van der Waals surface area contributed by atoms with E-state index >= 15 is 0 Å². The molecular weight excluding hydrogens is 444 g/mol. The van der Waals surface area contributed by atoms with Crippen molar-refractivity contribution in [3.63, 3.8) is 0 Å². The van der Waals surface area contributed by atoms with E-state index in [0.29, 0.717) is 28.6 Å². The monoisotopic (exact) mass is 466 g/mol. The zero-order chi connectivity index (χ0) is 23.3. The van der Waals surface area contributed by atoms with Gasteiger partial charge in [-0.2, -0.15) is 0 Å². The van der Waals surface area contributed by atoms with Crippen molar-refractivity contribution in [3.8, 4) is 22.5 Å². The van der Waals surface area contributed by atoms with Gasteiger partial charge in [0, 0.05) is 24.2 Å². The van der Waals surface area contributed by atoms with Crippen molar-refractivity contribution in [1.82, 2.24) is 24.7 Å². The Morgan fingerprint density at radius 3 is 2.53 bits per heavy atom. The second-order valence-electron chi connectivity index (χ2n) is 7.52. The van der Waals surface area contributed by atoms with Gasteiger partial charge in [-0.3, -0.25) is 9.97 Å². The molecule has 0 spiro atoms. The summed E-state index contributed by atoms with van der Waals surface area (Å²) in [5, 5.41) is 4.39. The number of hydrogen-bond acceptors (Lipinski definition) is 6. The first kappa shape index (κ1) is 21.8. The largest absolute Gasteiger partial charge is 0.364 e. The Bertz CT molecular complexity index is 1460. The molecule has 0 amide bonds. The van der Waals surface area contributed by atoms with Crippen LogP contribution in [0.25, 0.3) is 33.4 Å². The average molecular weight is 467 g/mol. The van der Waals surface area contributed by atoms with E-state index in [1.165, 1.54) is 0 Å². The first-order chi connectivity index (χ1) is 16.7. The molecule has 5 aromatic rings. The van der Waals surface area contributed by atoms with Crippen LogP contribution >= 0.6 is 0 Å². The molecule has 7 nitrogen and oxygen atoms in total. The van der Waals surface area contributed by atoms with Crippen LogP contribution in [-0.2, 0) is 17.5 Å². The molecule has 0 saturated heterocycles. The summed E-state index contributed by atoms with van der Waals surface area (Å²) in [7, 11) is 0.283. The normalized spacial score (nSPS) is 11.9. The number of nitrogens with one attached hydrogen (secondary N) is 2. The maximum Gasteiger partial charge on any atom is 0.163 e. The Kier molecular flexibility index (Phi) is 6.33. The Morgan fingerprint density at radius 1 is 0.882 bits per heavy atom. The summed E-state index contributed by atoms with van der Waals surface area (Å²) in [6, 6.07) is 23.8. The molecule has 2 N–H and O–H groups in total. The number of benzene rings is 2. The van der Waals surface area contributed by atoms with Crippen molar-refractivity contribution in [1.29, 1.82) is 0 Å². The van der Waals surface area contributed by atoms with Gasteiger partial charge in [0.15, 0.2) is 5.82 Å². The standard InChI is InChI=1S/C26H22N6OS/c1-27-34(33)21-14-19(15-28-17-21)25-31-23-12-7-11-22(18-8-3-2-4-9-18)24(23)26(32-25)30-16-20-10-5-6-13-29-20/h2-15,17,27H,16H2,1H3,(H,30,31,32). The molecule has 3 heterocycles. The van der Waals surface area contributed by atoms with E-state index in [-0.39, 0.29) is 0 Å². The molecule has 8 heteroatoms. The molecule has 0 aliphatic rings. The first-order valence-electron chi connectivity index (χ1n) is 10.8. The maximum absolute atomic E-state index is 12.2. The van der Waals surface area contributed by atoms with Gasteiger partial charge in [0.1, 0.15) is 16.8 Å². The summed E-state index contributed by atoms with van der Waals surface area (Å²) in [4.78, 5) is 19.0. The Morgan fingerprint density at radius 2 is 1.74 bits per heavy atom. The van der Waals surface area contributed by atoms with E-state index in [4.69, 9.17) is 9.97 Å². The highest BCUT2D eigenvalue weighted by Crippen LogP contribution is 2.34. The van der Waals surface area contributed by atoms with Gasteiger partial charge in [-0.1, -0.05) is 48.5 Å². The minimum atomic E-state index is -1.36. The van der Waals surface area contributed by atoms with Gasteiger partial charge >= 0.3 is 0 Å². The molecule has 1 atom stereocenters. The van der Waals surface area contributed by atoms with Crippen molar-refractivity contribution in [2.24, 2.45) is 0 Å². The fraction of sp³-hybridized carbons (Fsp3) is 0.0769. The number of nitrogens with zero attached hydrogens (tertiary/aromatic N) is 4. The Hall–Kier alpha value is -4.01. The number of hydrogen-bond donors (Lipinski definition) is 2. The lowest BCUT2D eigenvalue weighted by atomic mass is 10.0. The van der Waals surface area contributed by atoms with E-state index in [2.05, 4.69) is 38.2 Å². The number of pyridine rings is 2. The number of anilines is 1. The van der Waals surface area contributed by atoms with E-state index < -0.39 is 11.0 Å². The molecule has 0 aliphatic carbocycles. The molecule has 0 bridgehead atoms. The van der Waals surface area contributed by atoms with E-state index in [1.807, 2.05) is 48.5 Å². The maximum atomic E-state index is 12.2. The van der Waals surface area contributed by atoms with E-state index in [0.717, 1.165) is 27.7 Å². The van der Waals surface area contributed by atoms with Gasteiger partial charge in [-0.15, -0.1) is 0 Å². The highest BCUT2D eigenvalue weighted by atomic mass is 32.2. The van der Waals surface area contributed by atoms with Crippen LogP contribution in [-0.4, -0.2) is 31.2 Å². The third-order valence-corrected chi connectivity index (χ3v) is 6.36. The zero-order valence-corrected chi connectivity index (χ0v) is 19.3. The average Bonchev–Trinajstić information content (AvgIpc) is 2.92. The summed E-state index contributed by atoms with van der Waals surface area (Å²) in [5.41, 5.74) is 4.51. The number of fused-ring (bicyclic) bond motifs is 1. The van der Waals surface area contributed by atoms with Gasteiger partial charge in [0.25, 0.3) is 0 Å². The van der Waals surface area contributed by atoms with Gasteiger partial charge in [0.05, 0.1) is 28.0 Å². The van der Waals surface area contributed by atoms with Gasteiger partial charge in [-0.25, -0.2) is 18.9 Å². The van der Waals surface area contributed by atoms with Crippen LogP contribution in [0.4, 0.5) is 5.82 Å². The van der Waals surface area contributed by atoms with Crippen LogP contribution in [0.15, 0.2) is 96.3 Å². The predicted octanol–water partition coefficient (Wildman–Crippen LogP) is 4.61. The topological polar surface area (TPSA) is 92.7 Å². The zero-order valence-electron chi connectivity index (χ0n) is 18.5. The molecule has 1 unspecified atom stereocenters. The molecule has 0 saturated carbocycles. The van der Waals surface area contributed by atoms with Gasteiger partial charge in [-0.05, 0) is 42.4 Å². The molecule has 2 aromatic carbocycles. The lowest BCUT2D eigenvalue weighted by Gasteiger charge is -2.14. The summed E-state index contributed by atoms with van der Waals surface area (Å²) >= 11 is 0. The van der Waals surface area contributed by atoms with Crippen LogP contribution in [0, 0.1) is 0 Å². The minimum absolute atomic E-state index is 0.503. The highest BCUT2D eigenvalue weighted by molar-refractivity contribution is 7.83. The summed E-state index contributed by atoms with van der Waals surface area (Å²) in [5.74, 6) is 1.20. The predicted molar refractivity (Wildman–Crippen MR) is 135 cm³/mol. The third kappa shape index (κ3) is 4.54. The Balaban J connectivity index is 1.67. The molecule has 34 heavy (non-hydrogen) atoms. The quantitative estimate of drug-likeness (QED) is 0.364. The second kappa shape index (κ2) is 9.86. The van der Waals surface area contributed by atoms with Crippen molar-refractivity contribution < 1.29 is 4.21 Å². The number of aromatic nitrogens is 4. The van der Waals surface area contributed by atoms with Crippen LogP contribution in [0.5, 0.6) is 0 Å². The summed E-state index contributed by atoms with van der Waals surface area (Å²) in [6.45, 7) is 0.511. The molecule has 3 aromatic heterocycles. The summed E-state index contributed by atoms with van der Waals surface area (Å²) < 4.78 is 15.0. The second-order valence-corrected chi connectivity index (χ2v) is 8.94. The minimum Gasteiger partial charge on any atom is -0.364 e. The fourth-order valence-electron chi connectivity index (χ4n) is 3.74. The molecule has 168 valence electrons. The van der Waals surface area contributed by atoms with Crippen LogP contribution in [0.3, 0.4) is 0 Å². The smallest absolute Gasteiger partial charge is 0.163 e. The van der Waals surface area contributed by atoms with Crippen molar-refractivity contribution in [2.75, 3.05) is 12.4 Å². The molecular formula is C26H22N6OS. The van der Waals surface area contributed by atoms with Gasteiger partial charge < -0.3 is 5.32 Å². The molecule has 0 aliphatic heterocycles. The van der Waals surface area contributed by atoms with E-state index in [1.54, 1.807) is 31.7 Å². The van der Waals surface area contributed by atoms with Crippen molar-refractivity contribution >= 4 is 27.7 Å². The summed E-state index contributed by atoms with van der Waals surface area (Å²) in [6.07, 6.45) is 5.03. The molecule has 0 fully saturated rings. The highest BCUT2D eigenvalue weighted by Gasteiger charge is 2.15. The van der Waals surface area contributed by atoms with Crippen LogP contribution < -0.4 is 10.0 Å². The fourth-order valence-corrected chi connectivity index (χ4v) is 4.36. The third-order valence-electron chi connectivity index (χ3n) is 5.34. The lowest BCUT2D eigenvalue weighted by molar-refractivity contribution is 0.677. The molecule has 5 rings (SSSR count). The van der Waals surface area contributed by atoms with Crippen molar-refractivity contribution in [3.05, 3.63) is 97.1 Å². The van der Waals surface area contributed by atoms with E-state index in [9.17, 15) is 4.21 Å². The lowest BCUT2D eigenvalue weighted by Crippen LogP contribution is -2.11. The SMILES string of the molecule is CNS(=O)c1cncc(-c2nc(NCc3ccccn3)c3c(-c4ccccc4)cccc3n2)c1. The van der Waals surface area contributed by atoms with Gasteiger partial charge in [0.2, 0.25) is 0 Å². The first-order valence-corrected chi connectivity index (χ1v) is 11.9. The molecule has 0 radical (unpaired) electrons. The van der Waals surface area contributed by atoms with Crippen LogP contribution in [0.1, 0.15) is 5.69 Å². The van der Waals surface area contributed by atoms with Crippen molar-refractivity contribution in [2.45, 2.75) is 11.4 Å². The van der Waals surface area contributed by atoms with Crippen LogP contribution in [0.2, 0.25) is 0 Å².